The molecular weight excluding hydrogens is 667 g/mol. The number of rotatable bonds is 12. The molecule has 4 aromatic rings. The molecule has 0 spiro atoms. The third kappa shape index (κ3) is 10.1. The van der Waals surface area contributed by atoms with Crippen LogP contribution in [0, 0.1) is 13.8 Å². The standard InChI is InChI=1S/C37H43NO9S2/c1-26-18-19-32(27(2)21-26)49(41,42)47-48(33-17-9-10-20-38-33,30-15-11-13-28(22-30)43-24-34(39)45-36(3,4)5)31-16-12-14-29(23-31)44-25-35(40)46-37(6,7)8/h9-23H,24-25H2,1-8H3. The highest BCUT2D eigenvalue weighted by atomic mass is 32.3. The molecule has 49 heavy (non-hydrogen) atoms. The van der Waals surface area contributed by atoms with E-state index in [0.29, 0.717) is 20.4 Å². The minimum atomic E-state index is -4.46. The number of carbonyl (C=O) groups excluding carboxylic acids is 2. The number of pyridine rings is 1. The zero-order valence-electron chi connectivity index (χ0n) is 29.0. The summed E-state index contributed by atoms with van der Waals surface area (Å²) in [5.41, 5.74) is 0.00337. The second kappa shape index (κ2) is 15.0. The average molecular weight is 710 g/mol. The summed E-state index contributed by atoms with van der Waals surface area (Å²) in [6, 6.07) is 23.5. The summed E-state index contributed by atoms with van der Waals surface area (Å²) in [5, 5.41) is 0.317. The Hall–Kier alpha value is -4.39. The van der Waals surface area contributed by atoms with Crippen LogP contribution in [0.25, 0.3) is 0 Å². The van der Waals surface area contributed by atoms with Crippen LogP contribution < -0.4 is 9.47 Å². The molecule has 4 rings (SSSR count). The third-order valence-corrected chi connectivity index (χ3v) is 11.7. The predicted molar refractivity (Wildman–Crippen MR) is 186 cm³/mol. The molecule has 1 heterocycles. The van der Waals surface area contributed by atoms with Crippen molar-refractivity contribution in [1.29, 1.82) is 0 Å². The van der Waals surface area contributed by atoms with Crippen LogP contribution in [0.2, 0.25) is 0 Å². The van der Waals surface area contributed by atoms with Crippen molar-refractivity contribution in [2.75, 3.05) is 13.2 Å². The minimum absolute atomic E-state index is 0.000525. The highest BCUT2D eigenvalue weighted by Gasteiger charge is 2.40. The van der Waals surface area contributed by atoms with E-state index in [2.05, 4.69) is 4.98 Å². The summed E-state index contributed by atoms with van der Waals surface area (Å²) in [4.78, 5) is 30.4. The van der Waals surface area contributed by atoms with Gasteiger partial charge < -0.3 is 18.9 Å². The quantitative estimate of drug-likeness (QED) is 0.135. The van der Waals surface area contributed by atoms with Gasteiger partial charge in [-0.15, -0.1) is 0 Å². The smallest absolute Gasteiger partial charge is 0.344 e. The van der Waals surface area contributed by atoms with Crippen LogP contribution >= 0.6 is 10.3 Å². The molecule has 3 aromatic carbocycles. The van der Waals surface area contributed by atoms with Gasteiger partial charge in [0, 0.05) is 16.0 Å². The molecule has 0 aliphatic carbocycles. The first-order valence-corrected chi connectivity index (χ1v) is 18.5. The lowest BCUT2D eigenvalue weighted by Gasteiger charge is -2.38. The summed E-state index contributed by atoms with van der Waals surface area (Å²) in [6.45, 7) is 13.4. The van der Waals surface area contributed by atoms with Crippen molar-refractivity contribution in [1.82, 2.24) is 4.98 Å². The van der Waals surface area contributed by atoms with E-state index in [1.54, 1.807) is 134 Å². The fraction of sp³-hybridized carbons (Fsp3) is 0.324. The summed E-state index contributed by atoms with van der Waals surface area (Å²) in [7, 11) is -7.70. The van der Waals surface area contributed by atoms with E-state index in [9.17, 15) is 18.0 Å². The van der Waals surface area contributed by atoms with Gasteiger partial charge in [-0.3, -0.25) is 0 Å². The lowest BCUT2D eigenvalue weighted by Crippen LogP contribution is -2.27. The number of carbonyl (C=O) groups is 2. The fourth-order valence-electron chi connectivity index (χ4n) is 4.77. The number of ether oxygens (including phenoxy) is 4. The normalized spacial score (nSPS) is 12.6. The molecule has 0 aliphatic rings. The van der Waals surface area contributed by atoms with E-state index < -0.39 is 43.6 Å². The van der Waals surface area contributed by atoms with Crippen molar-refractivity contribution < 1.29 is 40.6 Å². The van der Waals surface area contributed by atoms with E-state index in [1.807, 2.05) is 6.92 Å². The van der Waals surface area contributed by atoms with Crippen LogP contribution in [-0.2, 0) is 32.8 Å². The lowest BCUT2D eigenvalue weighted by molar-refractivity contribution is -0.158. The molecule has 10 nitrogen and oxygen atoms in total. The van der Waals surface area contributed by atoms with Crippen molar-refractivity contribution in [3.8, 4) is 11.5 Å². The summed E-state index contributed by atoms with van der Waals surface area (Å²) < 4.78 is 57.6. The van der Waals surface area contributed by atoms with E-state index in [-0.39, 0.29) is 29.6 Å². The van der Waals surface area contributed by atoms with Gasteiger partial charge in [0.25, 0.3) is 0 Å². The van der Waals surface area contributed by atoms with Crippen LogP contribution in [0.3, 0.4) is 0 Å². The van der Waals surface area contributed by atoms with Gasteiger partial charge in [0.1, 0.15) is 27.7 Å². The Kier molecular flexibility index (Phi) is 11.5. The summed E-state index contributed by atoms with van der Waals surface area (Å²) in [6.07, 6.45) is 1.55. The Balaban J connectivity index is 1.89. The maximum Gasteiger partial charge on any atom is 0.344 e. The topological polar surface area (TPSA) is 127 Å². The second-order valence-electron chi connectivity index (χ2n) is 13.2. The van der Waals surface area contributed by atoms with Crippen LogP contribution in [0.5, 0.6) is 11.5 Å². The molecule has 12 heteroatoms. The molecule has 0 saturated heterocycles. The van der Waals surface area contributed by atoms with Gasteiger partial charge in [-0.1, -0.05) is 35.9 Å². The van der Waals surface area contributed by atoms with Gasteiger partial charge >= 0.3 is 22.1 Å². The number of nitrogens with zero attached hydrogens (tertiary/aromatic N) is 1. The van der Waals surface area contributed by atoms with Gasteiger partial charge in [-0.2, -0.15) is 8.42 Å². The minimum Gasteiger partial charge on any atom is -0.482 e. The molecule has 0 unspecified atom stereocenters. The maximum atomic E-state index is 14.4. The Morgan fingerprint density at radius 3 is 1.65 bits per heavy atom. The average Bonchev–Trinajstić information content (AvgIpc) is 3.00. The summed E-state index contributed by atoms with van der Waals surface area (Å²) in [5.74, 6) is -0.573. The second-order valence-corrected chi connectivity index (χ2v) is 17.6. The van der Waals surface area contributed by atoms with Crippen LogP contribution in [-0.4, -0.2) is 49.8 Å². The number of aryl methyl sites for hydroxylation is 2. The van der Waals surface area contributed by atoms with Crippen molar-refractivity contribution >= 4 is 32.4 Å². The monoisotopic (exact) mass is 709 g/mol. The largest absolute Gasteiger partial charge is 0.482 e. The molecule has 262 valence electrons. The van der Waals surface area contributed by atoms with Crippen LogP contribution in [0.15, 0.2) is 111 Å². The Bertz CT molecular complexity index is 1820. The van der Waals surface area contributed by atoms with E-state index >= 15 is 0 Å². The predicted octanol–water partition coefficient (Wildman–Crippen LogP) is 7.74. The first-order chi connectivity index (χ1) is 22.9. The number of benzene rings is 3. The van der Waals surface area contributed by atoms with Crippen molar-refractivity contribution in [3.63, 3.8) is 0 Å². The first-order valence-electron chi connectivity index (χ1n) is 15.6. The Morgan fingerprint density at radius 2 is 1.20 bits per heavy atom. The maximum absolute atomic E-state index is 14.4. The molecule has 0 amide bonds. The number of esters is 2. The molecule has 0 saturated carbocycles. The van der Waals surface area contributed by atoms with E-state index in [4.69, 9.17) is 22.6 Å². The van der Waals surface area contributed by atoms with Crippen molar-refractivity contribution in [2.45, 2.75) is 86.3 Å². The molecule has 0 radical (unpaired) electrons. The SMILES string of the molecule is Cc1ccc(S(=O)(=O)OS(c2cccc(OCC(=O)OC(C)(C)C)c2)(c2cccc(OCC(=O)OC(C)(C)C)c2)c2ccccn2)c(C)c1. The number of hydrogen-bond donors (Lipinski definition) is 0. The van der Waals surface area contributed by atoms with Gasteiger partial charge in [-0.25, -0.2) is 18.2 Å². The van der Waals surface area contributed by atoms with Crippen molar-refractivity contribution in [3.05, 3.63) is 102 Å². The van der Waals surface area contributed by atoms with Crippen molar-refractivity contribution in [2.24, 2.45) is 0 Å². The van der Waals surface area contributed by atoms with Gasteiger partial charge in [0.05, 0.1) is 4.90 Å². The highest BCUT2D eigenvalue weighted by molar-refractivity contribution is 8.33. The van der Waals surface area contributed by atoms with Gasteiger partial charge in [0.15, 0.2) is 13.2 Å². The van der Waals surface area contributed by atoms with Crippen LogP contribution in [0.1, 0.15) is 52.7 Å². The molecule has 0 aliphatic heterocycles. The van der Waals surface area contributed by atoms with E-state index in [1.165, 1.54) is 6.07 Å². The summed E-state index contributed by atoms with van der Waals surface area (Å²) >= 11 is 0. The molecule has 0 N–H and O–H groups in total. The molecule has 0 atom stereocenters. The zero-order chi connectivity index (χ0) is 36.0. The number of hydrogen-bond acceptors (Lipinski definition) is 10. The first kappa shape index (κ1) is 37.4. The van der Waals surface area contributed by atoms with Gasteiger partial charge in [0.2, 0.25) is 0 Å². The lowest BCUT2D eigenvalue weighted by atomic mass is 10.2. The Labute approximate surface area is 290 Å². The van der Waals surface area contributed by atoms with Gasteiger partial charge in [-0.05, 0) is 126 Å². The third-order valence-electron chi connectivity index (χ3n) is 6.55. The number of aromatic nitrogens is 1. The molecule has 0 fully saturated rings. The molecule has 1 aromatic heterocycles. The zero-order valence-corrected chi connectivity index (χ0v) is 30.6. The fourth-order valence-corrected chi connectivity index (χ4v) is 10.1. The molecular formula is C37H43NO9S2. The van der Waals surface area contributed by atoms with E-state index in [0.717, 1.165) is 5.56 Å². The van der Waals surface area contributed by atoms with Crippen LogP contribution in [0.4, 0.5) is 0 Å². The Morgan fingerprint density at radius 1 is 0.673 bits per heavy atom. The highest BCUT2D eigenvalue weighted by Crippen LogP contribution is 2.70. The molecule has 0 bridgehead atoms.